The van der Waals surface area contributed by atoms with Crippen molar-refractivity contribution < 1.29 is 13.7 Å². The fourth-order valence-corrected chi connectivity index (χ4v) is 3.03. The van der Waals surface area contributed by atoms with Crippen LogP contribution in [-0.2, 0) is 0 Å². The third-order valence-electron chi connectivity index (χ3n) is 4.66. The molecule has 9 heteroatoms. The molecule has 1 amide bonds. The average Bonchev–Trinajstić information content (AvgIpc) is 3.14. The maximum atomic E-state index is 14.1. The molecule has 0 spiro atoms. The lowest BCUT2D eigenvalue weighted by atomic mass is 9.66. The summed E-state index contributed by atoms with van der Waals surface area (Å²) in [6, 6.07) is 4.79. The topological polar surface area (TPSA) is 119 Å². The number of nitrogens with zero attached hydrogens (tertiary/aromatic N) is 4. The maximum Gasteiger partial charge on any atom is 0.287 e. The van der Waals surface area contributed by atoms with Crippen LogP contribution in [0, 0.1) is 5.41 Å². The summed E-state index contributed by atoms with van der Waals surface area (Å²) in [6.45, 7) is 7.41. The SMILES string of the molecule is C=C/C(F)=C(\N=C)C1(CNc2ccc(-c3cc(C(N)=O)on3)nn2)CCC1. The van der Waals surface area contributed by atoms with E-state index in [4.69, 9.17) is 10.3 Å². The first-order valence-corrected chi connectivity index (χ1v) is 8.33. The number of anilines is 1. The summed E-state index contributed by atoms with van der Waals surface area (Å²) in [5, 5.41) is 15.0. The molecule has 2 aromatic rings. The van der Waals surface area contributed by atoms with Crippen LogP contribution in [-0.4, -0.2) is 34.5 Å². The van der Waals surface area contributed by atoms with Crippen molar-refractivity contribution in [2.45, 2.75) is 19.3 Å². The zero-order valence-electron chi connectivity index (χ0n) is 14.6. The zero-order valence-corrected chi connectivity index (χ0v) is 14.6. The van der Waals surface area contributed by atoms with Crippen LogP contribution in [0.25, 0.3) is 11.4 Å². The van der Waals surface area contributed by atoms with Gasteiger partial charge in [-0.25, -0.2) is 4.39 Å². The van der Waals surface area contributed by atoms with Gasteiger partial charge >= 0.3 is 0 Å². The summed E-state index contributed by atoms with van der Waals surface area (Å²) in [4.78, 5) is 14.9. The largest absolute Gasteiger partial charge is 0.368 e. The highest BCUT2D eigenvalue weighted by atomic mass is 19.1. The normalized spacial score (nSPS) is 16.0. The third-order valence-corrected chi connectivity index (χ3v) is 4.66. The number of carbonyl (C=O) groups is 1. The van der Waals surface area contributed by atoms with Crippen LogP contribution in [0.15, 0.2) is 51.9 Å². The molecular formula is C18H19FN6O2. The van der Waals surface area contributed by atoms with Crippen molar-refractivity contribution >= 4 is 18.4 Å². The summed E-state index contributed by atoms with van der Waals surface area (Å²) < 4.78 is 18.9. The molecule has 0 unspecified atom stereocenters. The molecule has 1 fully saturated rings. The molecular weight excluding hydrogens is 351 g/mol. The predicted molar refractivity (Wildman–Crippen MR) is 98.7 cm³/mol. The second-order valence-corrected chi connectivity index (χ2v) is 6.29. The van der Waals surface area contributed by atoms with Gasteiger partial charge in [-0.3, -0.25) is 9.79 Å². The number of nitrogens with two attached hydrogens (primary N) is 1. The molecule has 27 heavy (non-hydrogen) atoms. The quantitative estimate of drug-likeness (QED) is 0.545. The Bertz CT molecular complexity index is 899. The highest BCUT2D eigenvalue weighted by molar-refractivity contribution is 5.90. The molecule has 0 saturated heterocycles. The van der Waals surface area contributed by atoms with Crippen LogP contribution >= 0.6 is 0 Å². The van der Waals surface area contributed by atoms with E-state index in [2.05, 4.69) is 39.0 Å². The van der Waals surface area contributed by atoms with Crippen molar-refractivity contribution in [1.82, 2.24) is 15.4 Å². The summed E-state index contributed by atoms with van der Waals surface area (Å²) in [6.07, 6.45) is 3.74. The number of carbonyl (C=O) groups excluding carboxylic acids is 1. The van der Waals surface area contributed by atoms with Gasteiger partial charge in [0.1, 0.15) is 23.0 Å². The van der Waals surface area contributed by atoms with Crippen molar-refractivity contribution in [3.05, 3.63) is 48.1 Å². The number of hydrogen-bond acceptors (Lipinski definition) is 7. The Kier molecular flexibility index (Phi) is 5.11. The number of aliphatic imine (C=N–C) groups is 1. The van der Waals surface area contributed by atoms with Gasteiger partial charge in [0.05, 0.1) is 5.70 Å². The summed E-state index contributed by atoms with van der Waals surface area (Å²) >= 11 is 0. The maximum absolute atomic E-state index is 14.1. The van der Waals surface area contributed by atoms with Crippen LogP contribution in [0.5, 0.6) is 0 Å². The number of halogens is 1. The number of rotatable bonds is 8. The molecule has 1 saturated carbocycles. The molecule has 8 nitrogen and oxygen atoms in total. The van der Waals surface area contributed by atoms with Crippen molar-refractivity contribution in [1.29, 1.82) is 0 Å². The summed E-state index contributed by atoms with van der Waals surface area (Å²) in [5.74, 6) is -0.700. The van der Waals surface area contributed by atoms with E-state index in [9.17, 15) is 9.18 Å². The van der Waals surface area contributed by atoms with Gasteiger partial charge in [0.15, 0.2) is 0 Å². The minimum atomic E-state index is -0.711. The van der Waals surface area contributed by atoms with E-state index in [0.29, 0.717) is 29.4 Å². The van der Waals surface area contributed by atoms with Gasteiger partial charge in [0, 0.05) is 18.0 Å². The van der Waals surface area contributed by atoms with Crippen molar-refractivity contribution in [2.24, 2.45) is 16.1 Å². The van der Waals surface area contributed by atoms with Crippen molar-refractivity contribution in [2.75, 3.05) is 11.9 Å². The van der Waals surface area contributed by atoms with Crippen LogP contribution < -0.4 is 11.1 Å². The Morgan fingerprint density at radius 1 is 1.41 bits per heavy atom. The highest BCUT2D eigenvalue weighted by Crippen LogP contribution is 2.48. The lowest BCUT2D eigenvalue weighted by Gasteiger charge is -2.42. The van der Waals surface area contributed by atoms with E-state index in [1.165, 1.54) is 6.07 Å². The van der Waals surface area contributed by atoms with Crippen LogP contribution in [0.2, 0.25) is 0 Å². The number of amides is 1. The van der Waals surface area contributed by atoms with Gasteiger partial charge in [-0.1, -0.05) is 18.2 Å². The minimum absolute atomic E-state index is 0.0542. The average molecular weight is 370 g/mol. The minimum Gasteiger partial charge on any atom is -0.368 e. The first-order valence-electron chi connectivity index (χ1n) is 8.33. The number of aromatic nitrogens is 3. The molecule has 1 aliphatic carbocycles. The number of nitrogens with one attached hydrogen (secondary N) is 1. The Morgan fingerprint density at radius 3 is 2.67 bits per heavy atom. The Balaban J connectivity index is 1.72. The molecule has 0 aromatic carbocycles. The standard InChI is InChI=1S/C18H19FN6O2/c1-3-11(19)16(21-2)18(7-4-8-18)10-22-15-6-5-12(23-24-15)13-9-14(17(20)26)27-25-13/h3,5-6,9H,1-2,4,7-8,10H2,(H2,20,26)(H,22,24)/b16-11+. The lowest BCUT2D eigenvalue weighted by Crippen LogP contribution is -2.38. The summed E-state index contributed by atoms with van der Waals surface area (Å²) in [5.41, 5.74) is 5.81. The number of hydrogen-bond donors (Lipinski definition) is 2. The van der Waals surface area contributed by atoms with Gasteiger partial charge < -0.3 is 15.6 Å². The van der Waals surface area contributed by atoms with Gasteiger partial charge in [-0.05, 0) is 37.8 Å². The van der Waals surface area contributed by atoms with E-state index < -0.39 is 17.1 Å². The van der Waals surface area contributed by atoms with E-state index in [0.717, 1.165) is 25.3 Å². The Morgan fingerprint density at radius 2 is 2.19 bits per heavy atom. The summed E-state index contributed by atoms with van der Waals surface area (Å²) in [7, 11) is 0. The van der Waals surface area contributed by atoms with Gasteiger partial charge in [-0.2, -0.15) is 0 Å². The molecule has 3 rings (SSSR count). The Hall–Kier alpha value is -3.36. The molecule has 2 aromatic heterocycles. The van der Waals surface area contributed by atoms with E-state index in [1.807, 2.05) is 0 Å². The first kappa shape index (κ1) is 18.4. The lowest BCUT2D eigenvalue weighted by molar-refractivity contribution is 0.0965. The predicted octanol–water partition coefficient (Wildman–Crippen LogP) is 2.88. The smallest absolute Gasteiger partial charge is 0.287 e. The van der Waals surface area contributed by atoms with E-state index in [1.54, 1.807) is 12.1 Å². The fourth-order valence-electron chi connectivity index (χ4n) is 3.03. The van der Waals surface area contributed by atoms with Crippen LogP contribution in [0.3, 0.4) is 0 Å². The number of allylic oxidation sites excluding steroid dienone is 2. The number of primary amides is 1. The molecule has 2 heterocycles. The van der Waals surface area contributed by atoms with Gasteiger partial charge in [0.2, 0.25) is 5.76 Å². The molecule has 1 aliphatic rings. The zero-order chi connectivity index (χ0) is 19.4. The molecule has 140 valence electrons. The third kappa shape index (κ3) is 3.62. The van der Waals surface area contributed by atoms with Gasteiger partial charge in [-0.15, -0.1) is 10.2 Å². The van der Waals surface area contributed by atoms with Crippen molar-refractivity contribution in [3.63, 3.8) is 0 Å². The molecule has 0 aliphatic heterocycles. The van der Waals surface area contributed by atoms with Crippen molar-refractivity contribution in [3.8, 4) is 11.4 Å². The van der Waals surface area contributed by atoms with E-state index in [-0.39, 0.29) is 5.76 Å². The Labute approximate surface area is 155 Å². The monoisotopic (exact) mass is 370 g/mol. The molecule has 0 radical (unpaired) electrons. The second-order valence-electron chi connectivity index (χ2n) is 6.29. The van der Waals surface area contributed by atoms with Gasteiger partial charge in [0.25, 0.3) is 5.91 Å². The van der Waals surface area contributed by atoms with Crippen LogP contribution in [0.1, 0.15) is 29.8 Å². The second kappa shape index (κ2) is 7.48. The first-order chi connectivity index (χ1) is 13.0. The molecule has 0 bridgehead atoms. The highest BCUT2D eigenvalue weighted by Gasteiger charge is 2.42. The van der Waals surface area contributed by atoms with E-state index >= 15 is 0 Å². The molecule has 0 atom stereocenters. The molecule has 3 N–H and O–H groups in total. The van der Waals surface area contributed by atoms with Crippen LogP contribution in [0.4, 0.5) is 10.2 Å². The fraction of sp³-hybridized carbons (Fsp3) is 0.278.